The normalized spacial score (nSPS) is 9.87. The van der Waals surface area contributed by atoms with Gasteiger partial charge in [0.1, 0.15) is 5.82 Å². The molecular weight excluding hydrogens is 189 g/mol. The maximum atomic E-state index is 12.9. The first kappa shape index (κ1) is 11.8. The van der Waals surface area contributed by atoms with Crippen molar-refractivity contribution in [3.63, 3.8) is 0 Å². The molecule has 0 aliphatic rings. The molecule has 0 radical (unpaired) electrons. The van der Waals surface area contributed by atoms with Gasteiger partial charge in [-0.25, -0.2) is 4.39 Å². The van der Waals surface area contributed by atoms with E-state index in [1.807, 2.05) is 20.0 Å². The highest BCUT2D eigenvalue weighted by Gasteiger charge is 2.02. The Morgan fingerprint density at radius 2 is 2.00 bits per heavy atom. The SMILES string of the molecule is CC.CCCc1c[nH]c2ccc(F)cc12. The molecule has 0 amide bonds. The lowest BCUT2D eigenvalue weighted by molar-refractivity contribution is 0.629. The highest BCUT2D eigenvalue weighted by Crippen LogP contribution is 2.20. The number of aromatic nitrogens is 1. The number of aryl methyl sites for hydroxylation is 1. The van der Waals surface area contributed by atoms with E-state index in [1.54, 1.807) is 12.1 Å². The minimum atomic E-state index is -0.163. The lowest BCUT2D eigenvalue weighted by Gasteiger charge is -1.95. The van der Waals surface area contributed by atoms with Gasteiger partial charge in [0.15, 0.2) is 0 Å². The van der Waals surface area contributed by atoms with Crippen molar-refractivity contribution >= 4 is 10.9 Å². The summed E-state index contributed by atoms with van der Waals surface area (Å²) in [5.41, 5.74) is 2.22. The molecule has 2 aromatic rings. The van der Waals surface area contributed by atoms with E-state index in [4.69, 9.17) is 0 Å². The number of nitrogens with one attached hydrogen (secondary N) is 1. The van der Waals surface area contributed by atoms with Crippen LogP contribution in [0, 0.1) is 5.82 Å². The van der Waals surface area contributed by atoms with Crippen molar-refractivity contribution in [2.24, 2.45) is 0 Å². The van der Waals surface area contributed by atoms with Crippen LogP contribution in [0.3, 0.4) is 0 Å². The molecule has 0 unspecified atom stereocenters. The predicted molar refractivity (Wildman–Crippen MR) is 63.6 cm³/mol. The highest BCUT2D eigenvalue weighted by atomic mass is 19.1. The summed E-state index contributed by atoms with van der Waals surface area (Å²) in [6.07, 6.45) is 4.06. The van der Waals surface area contributed by atoms with Gasteiger partial charge in [-0.3, -0.25) is 0 Å². The van der Waals surface area contributed by atoms with Gasteiger partial charge in [0, 0.05) is 17.1 Å². The summed E-state index contributed by atoms with van der Waals surface area (Å²) < 4.78 is 12.9. The third kappa shape index (κ3) is 2.58. The lowest BCUT2D eigenvalue weighted by atomic mass is 10.1. The Morgan fingerprint density at radius 3 is 2.67 bits per heavy atom. The van der Waals surface area contributed by atoms with E-state index >= 15 is 0 Å². The zero-order valence-electron chi connectivity index (χ0n) is 9.60. The summed E-state index contributed by atoms with van der Waals surface area (Å²) in [7, 11) is 0. The first-order valence-corrected chi connectivity index (χ1v) is 5.57. The number of H-pyrrole nitrogens is 1. The van der Waals surface area contributed by atoms with Crippen LogP contribution in [0.4, 0.5) is 4.39 Å². The van der Waals surface area contributed by atoms with Gasteiger partial charge in [-0.15, -0.1) is 0 Å². The number of aromatic amines is 1. The number of halogens is 1. The van der Waals surface area contributed by atoms with Crippen LogP contribution < -0.4 is 0 Å². The summed E-state index contributed by atoms with van der Waals surface area (Å²) in [4.78, 5) is 3.13. The van der Waals surface area contributed by atoms with Crippen molar-refractivity contribution in [1.82, 2.24) is 4.98 Å². The summed E-state index contributed by atoms with van der Waals surface area (Å²) in [5, 5.41) is 1.02. The third-order valence-electron chi connectivity index (χ3n) is 2.25. The van der Waals surface area contributed by atoms with Gasteiger partial charge < -0.3 is 4.98 Å². The Balaban J connectivity index is 0.000000531. The van der Waals surface area contributed by atoms with E-state index < -0.39 is 0 Å². The molecule has 0 aliphatic heterocycles. The monoisotopic (exact) mass is 207 g/mol. The molecule has 1 nitrogen and oxygen atoms in total. The minimum Gasteiger partial charge on any atom is -0.361 e. The molecule has 0 atom stereocenters. The Labute approximate surface area is 90.3 Å². The van der Waals surface area contributed by atoms with E-state index in [1.165, 1.54) is 11.6 Å². The first-order chi connectivity index (χ1) is 7.31. The third-order valence-corrected chi connectivity index (χ3v) is 2.25. The topological polar surface area (TPSA) is 15.8 Å². The number of fused-ring (bicyclic) bond motifs is 1. The largest absolute Gasteiger partial charge is 0.361 e. The molecule has 1 N–H and O–H groups in total. The van der Waals surface area contributed by atoms with Gasteiger partial charge in [0.25, 0.3) is 0 Å². The quantitative estimate of drug-likeness (QED) is 0.756. The Kier molecular flexibility index (Phi) is 4.35. The molecule has 1 aromatic heterocycles. The molecule has 2 rings (SSSR count). The summed E-state index contributed by atoms with van der Waals surface area (Å²) in [6.45, 7) is 6.12. The van der Waals surface area contributed by atoms with Crippen LogP contribution in [-0.4, -0.2) is 4.98 Å². The van der Waals surface area contributed by atoms with Crippen molar-refractivity contribution in [3.05, 3.63) is 35.8 Å². The molecule has 0 aliphatic carbocycles. The summed E-state index contributed by atoms with van der Waals surface area (Å²) in [5.74, 6) is -0.163. The molecule has 15 heavy (non-hydrogen) atoms. The van der Waals surface area contributed by atoms with E-state index in [9.17, 15) is 4.39 Å². The first-order valence-electron chi connectivity index (χ1n) is 5.57. The molecule has 0 spiro atoms. The van der Waals surface area contributed by atoms with Gasteiger partial charge in [-0.1, -0.05) is 27.2 Å². The van der Waals surface area contributed by atoms with Gasteiger partial charge in [0.2, 0.25) is 0 Å². The van der Waals surface area contributed by atoms with Crippen LogP contribution in [0.5, 0.6) is 0 Å². The molecule has 0 fully saturated rings. The molecule has 2 heteroatoms. The molecule has 1 aromatic carbocycles. The van der Waals surface area contributed by atoms with E-state index in [0.29, 0.717) is 0 Å². The van der Waals surface area contributed by atoms with Gasteiger partial charge in [-0.2, -0.15) is 0 Å². The zero-order chi connectivity index (χ0) is 11.3. The minimum absolute atomic E-state index is 0.163. The fourth-order valence-corrected chi connectivity index (χ4v) is 1.63. The predicted octanol–water partition coefficient (Wildman–Crippen LogP) is 4.29. The molecule has 1 heterocycles. The summed E-state index contributed by atoms with van der Waals surface area (Å²) in [6, 6.07) is 4.86. The van der Waals surface area contributed by atoms with Crippen LogP contribution in [0.2, 0.25) is 0 Å². The molecule has 82 valence electrons. The highest BCUT2D eigenvalue weighted by molar-refractivity contribution is 5.83. The number of benzene rings is 1. The van der Waals surface area contributed by atoms with Crippen LogP contribution in [0.1, 0.15) is 32.8 Å². The number of hydrogen-bond acceptors (Lipinski definition) is 0. The average molecular weight is 207 g/mol. The maximum Gasteiger partial charge on any atom is 0.123 e. The Hall–Kier alpha value is -1.31. The van der Waals surface area contributed by atoms with Crippen LogP contribution >= 0.6 is 0 Å². The molecular formula is C13H18FN. The number of hydrogen-bond donors (Lipinski definition) is 1. The van der Waals surface area contributed by atoms with Gasteiger partial charge >= 0.3 is 0 Å². The van der Waals surface area contributed by atoms with Crippen molar-refractivity contribution in [2.45, 2.75) is 33.6 Å². The zero-order valence-corrected chi connectivity index (χ0v) is 9.60. The van der Waals surface area contributed by atoms with E-state index in [0.717, 1.165) is 23.7 Å². The molecule has 0 saturated carbocycles. The van der Waals surface area contributed by atoms with Crippen molar-refractivity contribution in [2.75, 3.05) is 0 Å². The maximum absolute atomic E-state index is 12.9. The fourth-order valence-electron chi connectivity index (χ4n) is 1.63. The lowest BCUT2D eigenvalue weighted by Crippen LogP contribution is -1.80. The molecule has 0 bridgehead atoms. The van der Waals surface area contributed by atoms with Crippen LogP contribution in [-0.2, 0) is 6.42 Å². The summed E-state index contributed by atoms with van der Waals surface area (Å²) >= 11 is 0. The average Bonchev–Trinajstić information content (AvgIpc) is 2.65. The van der Waals surface area contributed by atoms with Gasteiger partial charge in [0.05, 0.1) is 0 Å². The molecule has 0 saturated heterocycles. The van der Waals surface area contributed by atoms with E-state index in [2.05, 4.69) is 11.9 Å². The second-order valence-electron chi connectivity index (χ2n) is 3.25. The second kappa shape index (κ2) is 5.54. The second-order valence-corrected chi connectivity index (χ2v) is 3.25. The standard InChI is InChI=1S/C11H12FN.C2H6/c1-2-3-8-7-13-11-5-4-9(12)6-10(8)11;1-2/h4-7,13H,2-3H2,1H3;1-2H3. The van der Waals surface area contributed by atoms with Crippen molar-refractivity contribution in [3.8, 4) is 0 Å². The number of rotatable bonds is 2. The van der Waals surface area contributed by atoms with Crippen LogP contribution in [0.25, 0.3) is 10.9 Å². The Bertz CT molecular complexity index is 417. The fraction of sp³-hybridized carbons (Fsp3) is 0.385. The van der Waals surface area contributed by atoms with E-state index in [-0.39, 0.29) is 5.82 Å². The van der Waals surface area contributed by atoms with Gasteiger partial charge in [-0.05, 0) is 30.2 Å². The van der Waals surface area contributed by atoms with Crippen LogP contribution in [0.15, 0.2) is 24.4 Å². The Morgan fingerprint density at radius 1 is 1.27 bits per heavy atom. The smallest absolute Gasteiger partial charge is 0.123 e. The van der Waals surface area contributed by atoms with Crippen molar-refractivity contribution in [1.29, 1.82) is 0 Å². The van der Waals surface area contributed by atoms with Crippen molar-refractivity contribution < 1.29 is 4.39 Å².